The van der Waals surface area contributed by atoms with Gasteiger partial charge in [0.2, 0.25) is 0 Å². The lowest BCUT2D eigenvalue weighted by Gasteiger charge is -2.07. The Morgan fingerprint density at radius 3 is 1.65 bits per heavy atom. The molecule has 0 aromatic carbocycles. The second kappa shape index (κ2) is 16.6. The van der Waals surface area contributed by atoms with E-state index >= 15 is 0 Å². The molecule has 1 saturated carbocycles. The van der Waals surface area contributed by atoms with Gasteiger partial charge in [-0.15, -0.1) is 0 Å². The maximum absolute atomic E-state index is 2.44. The molecule has 0 amide bonds. The summed E-state index contributed by atoms with van der Waals surface area (Å²) >= 11 is 0. The van der Waals surface area contributed by atoms with E-state index in [1.165, 1.54) is 122 Å². The highest BCUT2D eigenvalue weighted by molar-refractivity contribution is 4.81. The lowest BCUT2D eigenvalue weighted by Crippen LogP contribution is -1.92. The van der Waals surface area contributed by atoms with Crippen molar-refractivity contribution >= 4 is 0 Å². The Balaban J connectivity index is 1.69. The first kappa shape index (κ1) is 20.8. The molecular formula is C23H44. The van der Waals surface area contributed by atoms with Gasteiger partial charge in [0.15, 0.2) is 0 Å². The molecule has 0 heterocycles. The summed E-state index contributed by atoms with van der Waals surface area (Å²) in [6.07, 6.45) is 32.4. The number of hydrogen-bond donors (Lipinski definition) is 0. The van der Waals surface area contributed by atoms with Gasteiger partial charge in [-0.1, -0.05) is 115 Å². The average Bonchev–Trinajstić information content (AvgIpc) is 3.08. The zero-order valence-corrected chi connectivity index (χ0v) is 16.2. The third kappa shape index (κ3) is 13.8. The Labute approximate surface area is 147 Å². The summed E-state index contributed by atoms with van der Waals surface area (Å²) < 4.78 is 0. The van der Waals surface area contributed by atoms with Gasteiger partial charge in [0.05, 0.1) is 0 Å². The molecule has 1 aliphatic rings. The van der Waals surface area contributed by atoms with Crippen LogP contribution in [0, 0.1) is 5.92 Å². The van der Waals surface area contributed by atoms with Crippen LogP contribution < -0.4 is 0 Å². The Morgan fingerprint density at radius 2 is 1.09 bits per heavy atom. The molecule has 0 atom stereocenters. The fraction of sp³-hybridized carbons (Fsp3) is 0.913. The van der Waals surface area contributed by atoms with E-state index in [9.17, 15) is 0 Å². The minimum atomic E-state index is 1.10. The molecule has 1 aliphatic carbocycles. The Bertz CT molecular complexity index is 247. The molecule has 0 bridgehead atoms. The van der Waals surface area contributed by atoms with Crippen molar-refractivity contribution in [3.8, 4) is 0 Å². The monoisotopic (exact) mass is 320 g/mol. The molecule has 0 heteroatoms. The molecule has 0 aliphatic heterocycles. The largest absolute Gasteiger partial charge is 0.0885 e. The molecule has 1 fully saturated rings. The molecule has 0 saturated heterocycles. The summed E-state index contributed by atoms with van der Waals surface area (Å²) in [5, 5.41) is 0. The molecule has 23 heavy (non-hydrogen) atoms. The van der Waals surface area contributed by atoms with Crippen molar-refractivity contribution in [2.75, 3.05) is 0 Å². The maximum atomic E-state index is 2.44. The molecule has 0 N–H and O–H groups in total. The van der Waals surface area contributed by atoms with Gasteiger partial charge in [-0.2, -0.15) is 0 Å². The summed E-state index contributed by atoms with van der Waals surface area (Å²) in [5.41, 5.74) is 0. The number of rotatable bonds is 16. The van der Waals surface area contributed by atoms with Crippen molar-refractivity contribution in [3.63, 3.8) is 0 Å². The van der Waals surface area contributed by atoms with Gasteiger partial charge in [0.1, 0.15) is 0 Å². The van der Waals surface area contributed by atoms with Crippen LogP contribution in [0.25, 0.3) is 0 Å². The summed E-state index contributed by atoms with van der Waals surface area (Å²) in [4.78, 5) is 0. The maximum Gasteiger partial charge on any atom is -0.0351 e. The lowest BCUT2D eigenvalue weighted by atomic mass is 9.99. The highest BCUT2D eigenvalue weighted by Crippen LogP contribution is 2.29. The first-order valence-corrected chi connectivity index (χ1v) is 11.1. The minimum Gasteiger partial charge on any atom is -0.0885 e. The smallest absolute Gasteiger partial charge is 0.0351 e. The summed E-state index contributed by atoms with van der Waals surface area (Å²) in [6.45, 7) is 2.29. The quantitative estimate of drug-likeness (QED) is 0.197. The zero-order chi connectivity index (χ0) is 16.4. The second-order valence-corrected chi connectivity index (χ2v) is 7.88. The van der Waals surface area contributed by atoms with Crippen molar-refractivity contribution in [3.05, 3.63) is 12.2 Å². The van der Waals surface area contributed by atoms with E-state index in [-0.39, 0.29) is 0 Å². The first-order chi connectivity index (χ1) is 11.4. The molecule has 136 valence electrons. The van der Waals surface area contributed by atoms with Gasteiger partial charge in [0.25, 0.3) is 0 Å². The highest BCUT2D eigenvalue weighted by atomic mass is 14.2. The van der Waals surface area contributed by atoms with Gasteiger partial charge in [-0.25, -0.2) is 0 Å². The standard InChI is InChI=1S/C23H44/c1-2-3-4-5-6-7-8-9-10-11-12-13-14-15-16-17-20-23-21-18-19-22-23/h9-10,23H,2-8,11-22H2,1H3. The molecule has 1 rings (SSSR count). The number of hydrogen-bond acceptors (Lipinski definition) is 0. The van der Waals surface area contributed by atoms with E-state index < -0.39 is 0 Å². The van der Waals surface area contributed by atoms with Crippen LogP contribution in [0.4, 0.5) is 0 Å². The predicted octanol–water partition coefficient (Wildman–Crippen LogP) is 8.60. The number of allylic oxidation sites excluding steroid dienone is 2. The fourth-order valence-corrected chi connectivity index (χ4v) is 3.98. The Morgan fingerprint density at radius 1 is 0.609 bits per heavy atom. The summed E-state index contributed by atoms with van der Waals surface area (Å²) in [7, 11) is 0. The van der Waals surface area contributed by atoms with Gasteiger partial charge in [-0.05, 0) is 31.6 Å². The lowest BCUT2D eigenvalue weighted by molar-refractivity contribution is 0.461. The molecule has 0 aromatic heterocycles. The van der Waals surface area contributed by atoms with Crippen LogP contribution in [-0.4, -0.2) is 0 Å². The molecule has 0 radical (unpaired) electrons. The summed E-state index contributed by atoms with van der Waals surface area (Å²) in [6, 6.07) is 0. The zero-order valence-electron chi connectivity index (χ0n) is 16.2. The first-order valence-electron chi connectivity index (χ1n) is 11.1. The van der Waals surface area contributed by atoms with E-state index in [4.69, 9.17) is 0 Å². The van der Waals surface area contributed by atoms with Gasteiger partial charge >= 0.3 is 0 Å². The molecule has 0 spiro atoms. The van der Waals surface area contributed by atoms with Crippen LogP contribution in [-0.2, 0) is 0 Å². The van der Waals surface area contributed by atoms with Crippen molar-refractivity contribution in [1.29, 1.82) is 0 Å². The molecule has 0 unspecified atom stereocenters. The van der Waals surface area contributed by atoms with Crippen molar-refractivity contribution in [2.24, 2.45) is 5.92 Å². The Hall–Kier alpha value is -0.260. The highest BCUT2D eigenvalue weighted by Gasteiger charge is 2.13. The normalized spacial score (nSPS) is 15.9. The van der Waals surface area contributed by atoms with Crippen LogP contribution in [0.2, 0.25) is 0 Å². The van der Waals surface area contributed by atoms with Crippen LogP contribution in [0.3, 0.4) is 0 Å². The van der Waals surface area contributed by atoms with Crippen LogP contribution >= 0.6 is 0 Å². The van der Waals surface area contributed by atoms with E-state index in [0.29, 0.717) is 0 Å². The molecule has 0 aromatic rings. The van der Waals surface area contributed by atoms with Crippen molar-refractivity contribution < 1.29 is 0 Å². The van der Waals surface area contributed by atoms with E-state index in [1.54, 1.807) is 0 Å². The Kier molecular flexibility index (Phi) is 15.0. The van der Waals surface area contributed by atoms with E-state index in [2.05, 4.69) is 19.1 Å². The predicted molar refractivity (Wildman–Crippen MR) is 106 cm³/mol. The topological polar surface area (TPSA) is 0 Å². The fourth-order valence-electron chi connectivity index (χ4n) is 3.98. The van der Waals surface area contributed by atoms with Crippen LogP contribution in [0.1, 0.15) is 129 Å². The molecular weight excluding hydrogens is 276 g/mol. The molecule has 0 nitrogen and oxygen atoms in total. The van der Waals surface area contributed by atoms with Gasteiger partial charge in [0, 0.05) is 0 Å². The van der Waals surface area contributed by atoms with Crippen molar-refractivity contribution in [2.45, 2.75) is 129 Å². The van der Waals surface area contributed by atoms with E-state index in [1.807, 2.05) is 0 Å². The number of unbranched alkanes of at least 4 members (excludes halogenated alkanes) is 12. The van der Waals surface area contributed by atoms with Crippen LogP contribution in [0.15, 0.2) is 12.2 Å². The van der Waals surface area contributed by atoms with Crippen molar-refractivity contribution in [1.82, 2.24) is 0 Å². The third-order valence-corrected chi connectivity index (χ3v) is 5.60. The van der Waals surface area contributed by atoms with Gasteiger partial charge < -0.3 is 0 Å². The average molecular weight is 321 g/mol. The van der Waals surface area contributed by atoms with Crippen LogP contribution in [0.5, 0.6) is 0 Å². The second-order valence-electron chi connectivity index (χ2n) is 7.88. The third-order valence-electron chi connectivity index (χ3n) is 5.60. The van der Waals surface area contributed by atoms with E-state index in [0.717, 1.165) is 5.92 Å². The SMILES string of the molecule is CCCCCCCCC=CCCCCCCCCC1CCCC1. The summed E-state index contributed by atoms with van der Waals surface area (Å²) in [5.74, 6) is 1.10. The van der Waals surface area contributed by atoms with Gasteiger partial charge in [-0.3, -0.25) is 0 Å². The minimum absolute atomic E-state index is 1.10.